The van der Waals surface area contributed by atoms with Gasteiger partial charge in [-0.3, -0.25) is 9.59 Å². The minimum atomic E-state index is -0.442. The molecule has 0 aliphatic heterocycles. The topological polar surface area (TPSA) is 52.6 Å². The van der Waals surface area contributed by atoms with Gasteiger partial charge in [0.1, 0.15) is 11.9 Å². The van der Waals surface area contributed by atoms with Crippen LogP contribution in [0.2, 0.25) is 0 Å². The summed E-state index contributed by atoms with van der Waals surface area (Å²) in [5.74, 6) is -0.967. The summed E-state index contributed by atoms with van der Waals surface area (Å²) in [6.07, 6.45) is 5.89. The molecule has 1 aromatic rings. The molecule has 0 saturated carbocycles. The number of carbonyl (C=O) groups excluding carboxylic acids is 2. The van der Waals surface area contributed by atoms with Crippen LogP contribution in [0.1, 0.15) is 76.9 Å². The van der Waals surface area contributed by atoms with Gasteiger partial charge in [0.25, 0.3) is 0 Å². The van der Waals surface area contributed by atoms with E-state index in [0.717, 1.165) is 18.4 Å². The van der Waals surface area contributed by atoms with Crippen LogP contribution in [0.25, 0.3) is 0 Å². The van der Waals surface area contributed by atoms with Crippen LogP contribution >= 0.6 is 0 Å². The van der Waals surface area contributed by atoms with Gasteiger partial charge in [0.2, 0.25) is 0 Å². The first-order chi connectivity index (χ1) is 12.0. The fourth-order valence-corrected chi connectivity index (χ4v) is 2.40. The average Bonchev–Trinajstić information content (AvgIpc) is 2.58. The Bertz CT molecular complexity index is 513. The first-order valence-corrected chi connectivity index (χ1v) is 9.13. The van der Waals surface area contributed by atoms with E-state index in [4.69, 9.17) is 9.47 Å². The summed E-state index contributed by atoms with van der Waals surface area (Å²) in [4.78, 5) is 23.4. The molecule has 0 bridgehead atoms. The van der Waals surface area contributed by atoms with E-state index >= 15 is 0 Å². The predicted molar refractivity (Wildman–Crippen MR) is 94.5 cm³/mol. The van der Waals surface area contributed by atoms with Crippen molar-refractivity contribution >= 4 is 11.9 Å². The van der Waals surface area contributed by atoms with Crippen LogP contribution in [0.5, 0.6) is 0 Å². The third kappa shape index (κ3) is 9.85. The summed E-state index contributed by atoms with van der Waals surface area (Å²) in [5.41, 5.74) is 0.734. The average molecular weight is 352 g/mol. The van der Waals surface area contributed by atoms with Crippen LogP contribution in [0.4, 0.5) is 4.39 Å². The molecule has 25 heavy (non-hydrogen) atoms. The fourth-order valence-electron chi connectivity index (χ4n) is 2.40. The monoisotopic (exact) mass is 352 g/mol. The zero-order valence-corrected chi connectivity index (χ0v) is 15.3. The van der Waals surface area contributed by atoms with Gasteiger partial charge >= 0.3 is 11.9 Å². The Labute approximate surface area is 149 Å². The SMILES string of the molecule is CCCCCCCOC(=O)CCCC(=O)OC(C)c1ccc(F)cc1. The van der Waals surface area contributed by atoms with Gasteiger partial charge in [0.15, 0.2) is 0 Å². The van der Waals surface area contributed by atoms with Crippen LogP contribution < -0.4 is 0 Å². The summed E-state index contributed by atoms with van der Waals surface area (Å²) in [6.45, 7) is 4.35. The highest BCUT2D eigenvalue weighted by atomic mass is 19.1. The minimum Gasteiger partial charge on any atom is -0.466 e. The van der Waals surface area contributed by atoms with Crippen molar-refractivity contribution in [3.05, 3.63) is 35.6 Å². The maximum Gasteiger partial charge on any atom is 0.306 e. The second kappa shape index (κ2) is 12.5. The Morgan fingerprint density at radius 1 is 0.960 bits per heavy atom. The summed E-state index contributed by atoms with van der Waals surface area (Å²) in [7, 11) is 0. The van der Waals surface area contributed by atoms with Crippen molar-refractivity contribution in [2.45, 2.75) is 71.3 Å². The number of esters is 2. The Morgan fingerprint density at radius 2 is 1.60 bits per heavy atom. The van der Waals surface area contributed by atoms with Gasteiger partial charge in [-0.15, -0.1) is 0 Å². The van der Waals surface area contributed by atoms with E-state index in [2.05, 4.69) is 6.92 Å². The number of carbonyl (C=O) groups is 2. The van der Waals surface area contributed by atoms with Gasteiger partial charge < -0.3 is 9.47 Å². The fraction of sp³-hybridized carbons (Fsp3) is 0.600. The molecule has 0 spiro atoms. The summed E-state index contributed by atoms with van der Waals surface area (Å²) in [5, 5.41) is 0. The third-order valence-corrected chi connectivity index (χ3v) is 3.92. The second-order valence-corrected chi connectivity index (χ2v) is 6.17. The van der Waals surface area contributed by atoms with Gasteiger partial charge in [-0.05, 0) is 37.5 Å². The molecule has 0 heterocycles. The van der Waals surface area contributed by atoms with E-state index in [1.807, 2.05) is 0 Å². The number of rotatable bonds is 12. The van der Waals surface area contributed by atoms with E-state index < -0.39 is 6.10 Å². The van der Waals surface area contributed by atoms with Gasteiger partial charge in [-0.1, -0.05) is 44.7 Å². The molecular weight excluding hydrogens is 323 g/mol. The van der Waals surface area contributed by atoms with Crippen LogP contribution in [0.3, 0.4) is 0 Å². The van der Waals surface area contributed by atoms with Crippen molar-refractivity contribution in [1.29, 1.82) is 0 Å². The molecule has 1 rings (SSSR count). The van der Waals surface area contributed by atoms with Crippen molar-refractivity contribution in [2.75, 3.05) is 6.61 Å². The molecular formula is C20H29FO4. The standard InChI is InChI=1S/C20H29FO4/c1-3-4-5-6-7-15-24-19(22)9-8-10-20(23)25-16(2)17-11-13-18(21)14-12-17/h11-14,16H,3-10,15H2,1-2H3. The van der Waals surface area contributed by atoms with Crippen molar-refractivity contribution in [1.82, 2.24) is 0 Å². The number of halogens is 1. The Kier molecular flexibility index (Phi) is 10.5. The molecule has 5 heteroatoms. The number of hydrogen-bond donors (Lipinski definition) is 0. The highest BCUT2D eigenvalue weighted by Crippen LogP contribution is 2.18. The number of hydrogen-bond acceptors (Lipinski definition) is 4. The molecule has 0 saturated heterocycles. The largest absolute Gasteiger partial charge is 0.466 e. The lowest BCUT2D eigenvalue weighted by Crippen LogP contribution is -2.11. The van der Waals surface area contributed by atoms with Crippen molar-refractivity contribution in [3.63, 3.8) is 0 Å². The lowest BCUT2D eigenvalue weighted by atomic mass is 10.1. The van der Waals surface area contributed by atoms with Crippen molar-refractivity contribution in [2.24, 2.45) is 0 Å². The molecule has 0 aliphatic rings. The highest BCUT2D eigenvalue weighted by Gasteiger charge is 2.12. The van der Waals surface area contributed by atoms with Crippen LogP contribution in [-0.2, 0) is 19.1 Å². The maximum absolute atomic E-state index is 12.9. The van der Waals surface area contributed by atoms with Crippen molar-refractivity contribution < 1.29 is 23.5 Å². The molecule has 0 radical (unpaired) electrons. The Hall–Kier alpha value is -1.91. The molecule has 0 aromatic heterocycles. The molecule has 1 unspecified atom stereocenters. The molecule has 0 amide bonds. The zero-order chi connectivity index (χ0) is 18.5. The quantitative estimate of drug-likeness (QED) is 0.387. The lowest BCUT2D eigenvalue weighted by molar-refractivity contribution is -0.149. The molecule has 0 aliphatic carbocycles. The molecule has 1 aromatic carbocycles. The van der Waals surface area contributed by atoms with E-state index in [1.54, 1.807) is 19.1 Å². The number of unbranched alkanes of at least 4 members (excludes halogenated alkanes) is 4. The molecule has 0 fully saturated rings. The second-order valence-electron chi connectivity index (χ2n) is 6.17. The van der Waals surface area contributed by atoms with Crippen molar-refractivity contribution in [3.8, 4) is 0 Å². The van der Waals surface area contributed by atoms with E-state index in [9.17, 15) is 14.0 Å². The highest BCUT2D eigenvalue weighted by molar-refractivity contribution is 5.72. The maximum atomic E-state index is 12.9. The van der Waals surface area contributed by atoms with Gasteiger partial charge in [-0.2, -0.15) is 0 Å². The normalized spacial score (nSPS) is 11.8. The molecule has 1 atom stereocenters. The Morgan fingerprint density at radius 3 is 2.28 bits per heavy atom. The predicted octanol–water partition coefficient (Wildman–Crippen LogP) is 5.11. The first kappa shape index (κ1) is 21.1. The van der Waals surface area contributed by atoms with E-state index in [1.165, 1.54) is 31.4 Å². The summed E-state index contributed by atoms with van der Waals surface area (Å²) >= 11 is 0. The van der Waals surface area contributed by atoms with E-state index in [-0.39, 0.29) is 30.6 Å². The number of benzene rings is 1. The minimum absolute atomic E-state index is 0.164. The summed E-state index contributed by atoms with van der Waals surface area (Å²) in [6, 6.07) is 5.84. The zero-order valence-electron chi connectivity index (χ0n) is 15.3. The van der Waals surface area contributed by atoms with Gasteiger partial charge in [0.05, 0.1) is 6.61 Å². The van der Waals surface area contributed by atoms with Gasteiger partial charge in [0, 0.05) is 12.8 Å². The molecule has 0 N–H and O–H groups in total. The van der Waals surface area contributed by atoms with Crippen LogP contribution in [-0.4, -0.2) is 18.5 Å². The van der Waals surface area contributed by atoms with E-state index in [0.29, 0.717) is 13.0 Å². The third-order valence-electron chi connectivity index (χ3n) is 3.92. The first-order valence-electron chi connectivity index (χ1n) is 9.13. The van der Waals surface area contributed by atoms with Crippen LogP contribution in [0.15, 0.2) is 24.3 Å². The Balaban J connectivity index is 2.11. The summed E-state index contributed by atoms with van der Waals surface area (Å²) < 4.78 is 23.3. The number of ether oxygens (including phenoxy) is 2. The lowest BCUT2D eigenvalue weighted by Gasteiger charge is -2.13. The van der Waals surface area contributed by atoms with Gasteiger partial charge in [-0.25, -0.2) is 4.39 Å². The smallest absolute Gasteiger partial charge is 0.306 e. The molecule has 140 valence electrons. The molecule has 4 nitrogen and oxygen atoms in total. The van der Waals surface area contributed by atoms with Crippen LogP contribution in [0, 0.1) is 5.82 Å².